The van der Waals surface area contributed by atoms with Crippen molar-refractivity contribution in [1.29, 1.82) is 0 Å². The maximum Gasteiger partial charge on any atom is 0.339 e. The van der Waals surface area contributed by atoms with E-state index in [1.165, 1.54) is 7.11 Å². The number of aromatic nitrogens is 2. The molecule has 0 aliphatic carbocycles. The van der Waals surface area contributed by atoms with E-state index in [-0.39, 0.29) is 0 Å². The van der Waals surface area contributed by atoms with E-state index >= 15 is 0 Å². The summed E-state index contributed by atoms with van der Waals surface area (Å²) in [5, 5.41) is 1.60. The van der Waals surface area contributed by atoms with Crippen molar-refractivity contribution < 1.29 is 18.7 Å². The zero-order valence-electron chi connectivity index (χ0n) is 21.2. The van der Waals surface area contributed by atoms with Crippen molar-refractivity contribution in [1.82, 2.24) is 9.55 Å². The van der Waals surface area contributed by atoms with Gasteiger partial charge in [-0.3, -0.25) is 0 Å². The Morgan fingerprint density at radius 3 is 2.40 bits per heavy atom. The number of aryl methyl sites for hydroxylation is 2. The Labute approximate surface area is 210 Å². The number of carbonyl (C=O) groups excluding carboxylic acids is 1. The maximum atomic E-state index is 13.1. The second-order valence-corrected chi connectivity index (χ2v) is 10.1. The van der Waals surface area contributed by atoms with Gasteiger partial charge in [-0.1, -0.05) is 23.7 Å². The Kier molecular flexibility index (Phi) is 6.80. The van der Waals surface area contributed by atoms with Crippen molar-refractivity contribution in [2.24, 2.45) is 0 Å². The largest absolute Gasteiger partial charge is 0.467 e. The molecular weight excluding hydrogens is 464 g/mol. The molecule has 0 saturated heterocycles. The summed E-state index contributed by atoms with van der Waals surface area (Å²) >= 11 is 6.23. The molecule has 6 nitrogen and oxygen atoms in total. The molecule has 4 rings (SSSR count). The van der Waals surface area contributed by atoms with Gasteiger partial charge < -0.3 is 18.5 Å². The normalized spacial score (nSPS) is 12.8. The second-order valence-electron chi connectivity index (χ2n) is 9.70. The molecule has 7 heteroatoms. The number of furan rings is 1. The van der Waals surface area contributed by atoms with E-state index in [4.69, 9.17) is 30.5 Å². The minimum atomic E-state index is -0.948. The van der Waals surface area contributed by atoms with E-state index in [0.717, 1.165) is 39.2 Å². The van der Waals surface area contributed by atoms with Gasteiger partial charge in [-0.05, 0) is 76.9 Å². The van der Waals surface area contributed by atoms with E-state index < -0.39 is 17.7 Å². The number of pyridine rings is 1. The standard InChI is InChI=1S/C28H31ClN2O4/c1-16-18(3)31(15-21-9-8-14-34-21)26-22(16)24(19-10-12-20(29)13-11-19)23(17(2)30-26)25(27(32)33-7)35-28(4,5)6/h8-14,25H,15H2,1-7H3/t25-/m0/s1. The van der Waals surface area contributed by atoms with Crippen LogP contribution < -0.4 is 0 Å². The van der Waals surface area contributed by atoms with Crippen LogP contribution in [0, 0.1) is 20.8 Å². The minimum Gasteiger partial charge on any atom is -0.467 e. The molecule has 0 unspecified atom stereocenters. The highest BCUT2D eigenvalue weighted by atomic mass is 35.5. The van der Waals surface area contributed by atoms with Crippen LogP contribution in [0.4, 0.5) is 0 Å². The molecule has 4 aromatic rings. The lowest BCUT2D eigenvalue weighted by Crippen LogP contribution is -2.29. The van der Waals surface area contributed by atoms with E-state index in [1.54, 1.807) is 6.26 Å². The number of hydrogen-bond donors (Lipinski definition) is 0. The molecular formula is C28H31ClN2O4. The molecule has 3 heterocycles. The first-order chi connectivity index (χ1) is 16.5. The first kappa shape index (κ1) is 25.0. The fourth-order valence-corrected chi connectivity index (χ4v) is 4.60. The Bertz CT molecular complexity index is 1360. The van der Waals surface area contributed by atoms with Gasteiger partial charge in [0.05, 0.1) is 25.5 Å². The number of methoxy groups -OCH3 is 1. The molecule has 0 saturated carbocycles. The van der Waals surface area contributed by atoms with Gasteiger partial charge in [0.15, 0.2) is 6.10 Å². The topological polar surface area (TPSA) is 66.5 Å². The van der Waals surface area contributed by atoms with Crippen LogP contribution in [-0.2, 0) is 20.8 Å². The predicted octanol–water partition coefficient (Wildman–Crippen LogP) is 6.95. The van der Waals surface area contributed by atoms with Crippen LogP contribution in [0.15, 0.2) is 47.1 Å². The van der Waals surface area contributed by atoms with Gasteiger partial charge in [-0.25, -0.2) is 9.78 Å². The highest BCUT2D eigenvalue weighted by Crippen LogP contribution is 2.42. The summed E-state index contributed by atoms with van der Waals surface area (Å²) in [7, 11) is 1.37. The van der Waals surface area contributed by atoms with Crippen LogP contribution >= 0.6 is 11.6 Å². The summed E-state index contributed by atoms with van der Waals surface area (Å²) in [5.41, 5.74) is 5.58. The predicted molar refractivity (Wildman–Crippen MR) is 138 cm³/mol. The van der Waals surface area contributed by atoms with Crippen LogP contribution in [0.25, 0.3) is 22.2 Å². The SMILES string of the molecule is COC(=O)[C@@H](OC(C)(C)C)c1c(C)nc2c(c(C)c(C)n2Cc2ccco2)c1-c1ccc(Cl)cc1. The highest BCUT2D eigenvalue weighted by Gasteiger charge is 2.34. The molecule has 0 amide bonds. The van der Waals surface area contributed by atoms with E-state index in [2.05, 4.69) is 18.4 Å². The van der Waals surface area contributed by atoms with Crippen molar-refractivity contribution >= 4 is 28.6 Å². The lowest BCUT2D eigenvalue weighted by molar-refractivity contribution is -0.164. The summed E-state index contributed by atoms with van der Waals surface area (Å²) in [6, 6.07) is 11.5. The molecule has 0 N–H and O–H groups in total. The fourth-order valence-electron chi connectivity index (χ4n) is 4.47. The third-order valence-corrected chi connectivity index (χ3v) is 6.41. The molecule has 1 aromatic carbocycles. The number of hydrogen-bond acceptors (Lipinski definition) is 5. The summed E-state index contributed by atoms with van der Waals surface area (Å²) < 4.78 is 19.3. The zero-order chi connectivity index (χ0) is 25.5. The average molecular weight is 495 g/mol. The van der Waals surface area contributed by atoms with Crippen LogP contribution in [0.5, 0.6) is 0 Å². The molecule has 0 bridgehead atoms. The third kappa shape index (κ3) is 4.86. The van der Waals surface area contributed by atoms with E-state index in [9.17, 15) is 4.79 Å². The molecule has 0 aliphatic heterocycles. The first-order valence-corrected chi connectivity index (χ1v) is 11.9. The van der Waals surface area contributed by atoms with Crippen LogP contribution in [-0.4, -0.2) is 28.2 Å². The van der Waals surface area contributed by atoms with Crippen molar-refractivity contribution in [3.63, 3.8) is 0 Å². The zero-order valence-corrected chi connectivity index (χ0v) is 22.0. The molecule has 35 heavy (non-hydrogen) atoms. The third-order valence-electron chi connectivity index (χ3n) is 6.16. The van der Waals surface area contributed by atoms with Gasteiger partial charge in [0.2, 0.25) is 0 Å². The monoisotopic (exact) mass is 494 g/mol. The molecule has 0 spiro atoms. The van der Waals surface area contributed by atoms with Crippen molar-refractivity contribution in [2.75, 3.05) is 7.11 Å². The number of benzene rings is 1. The molecule has 184 valence electrons. The molecule has 0 aliphatic rings. The Hall–Kier alpha value is -3.09. The van der Waals surface area contributed by atoms with Gasteiger partial charge in [-0.15, -0.1) is 0 Å². The molecule has 3 aromatic heterocycles. The average Bonchev–Trinajstić information content (AvgIpc) is 3.39. The van der Waals surface area contributed by atoms with Crippen molar-refractivity contribution in [2.45, 2.75) is 59.8 Å². The number of rotatable bonds is 6. The lowest BCUT2D eigenvalue weighted by Gasteiger charge is -2.28. The van der Waals surface area contributed by atoms with Gasteiger partial charge in [0.25, 0.3) is 0 Å². The number of ether oxygens (including phenoxy) is 2. The van der Waals surface area contributed by atoms with E-state index in [1.807, 2.05) is 64.1 Å². The Balaban J connectivity index is 2.09. The van der Waals surface area contributed by atoms with Gasteiger partial charge in [-0.2, -0.15) is 0 Å². The van der Waals surface area contributed by atoms with Crippen LogP contribution in [0.2, 0.25) is 5.02 Å². The van der Waals surface area contributed by atoms with Gasteiger partial charge in [0, 0.05) is 32.9 Å². The summed E-state index contributed by atoms with van der Waals surface area (Å²) in [6.45, 7) is 12.4. The smallest absolute Gasteiger partial charge is 0.339 e. The Morgan fingerprint density at radius 2 is 1.83 bits per heavy atom. The van der Waals surface area contributed by atoms with Gasteiger partial charge >= 0.3 is 5.97 Å². The van der Waals surface area contributed by atoms with Gasteiger partial charge in [0.1, 0.15) is 11.4 Å². The lowest BCUT2D eigenvalue weighted by atomic mass is 9.91. The fraction of sp³-hybridized carbons (Fsp3) is 0.357. The highest BCUT2D eigenvalue weighted by molar-refractivity contribution is 6.30. The Morgan fingerprint density at radius 1 is 1.14 bits per heavy atom. The van der Waals surface area contributed by atoms with Crippen LogP contribution in [0.1, 0.15) is 55.2 Å². The number of fused-ring (bicyclic) bond motifs is 1. The molecule has 0 radical (unpaired) electrons. The van der Waals surface area contributed by atoms with E-state index in [0.29, 0.717) is 22.8 Å². The minimum absolute atomic E-state index is 0.469. The summed E-state index contributed by atoms with van der Waals surface area (Å²) in [5.74, 6) is 0.369. The molecule has 0 fully saturated rings. The number of halogens is 1. The second kappa shape index (κ2) is 9.51. The van der Waals surface area contributed by atoms with Crippen molar-refractivity contribution in [3.05, 3.63) is 76.0 Å². The molecule has 1 atom stereocenters. The first-order valence-electron chi connectivity index (χ1n) is 11.6. The number of carbonyl (C=O) groups is 1. The summed E-state index contributed by atoms with van der Waals surface area (Å²) in [6.07, 6.45) is 0.722. The maximum absolute atomic E-state index is 13.1. The van der Waals surface area contributed by atoms with Crippen LogP contribution in [0.3, 0.4) is 0 Å². The quantitative estimate of drug-likeness (QED) is 0.271. The number of esters is 1. The van der Waals surface area contributed by atoms with Crippen molar-refractivity contribution in [3.8, 4) is 11.1 Å². The summed E-state index contributed by atoms with van der Waals surface area (Å²) in [4.78, 5) is 18.1. The number of nitrogens with zero attached hydrogens (tertiary/aromatic N) is 2.